The van der Waals surface area contributed by atoms with Crippen molar-refractivity contribution in [1.82, 2.24) is 14.6 Å². The fourth-order valence-corrected chi connectivity index (χ4v) is 4.87. The van der Waals surface area contributed by atoms with Gasteiger partial charge in [-0.25, -0.2) is 9.50 Å². The lowest BCUT2D eigenvalue weighted by molar-refractivity contribution is 0.420. The second kappa shape index (κ2) is 6.05. The van der Waals surface area contributed by atoms with Gasteiger partial charge >= 0.3 is 0 Å². The van der Waals surface area contributed by atoms with Gasteiger partial charge in [-0.05, 0) is 30.0 Å². The van der Waals surface area contributed by atoms with Gasteiger partial charge in [-0.3, -0.25) is 0 Å². The zero-order chi connectivity index (χ0) is 17.7. The van der Waals surface area contributed by atoms with Gasteiger partial charge in [0.1, 0.15) is 22.7 Å². The summed E-state index contributed by atoms with van der Waals surface area (Å²) in [5, 5.41) is 5.77. The summed E-state index contributed by atoms with van der Waals surface area (Å²) in [4.78, 5) is 5.11. The van der Waals surface area contributed by atoms with Gasteiger partial charge in [0, 0.05) is 16.0 Å². The quantitative estimate of drug-likeness (QED) is 0.503. The predicted molar refractivity (Wildman–Crippen MR) is 104 cm³/mol. The number of methoxy groups -OCH3 is 1. The number of nitrogen functional groups attached to an aromatic ring is 1. The zero-order valence-electron chi connectivity index (χ0n) is 13.5. The molecule has 3 aromatic heterocycles. The lowest BCUT2D eigenvalue weighted by Crippen LogP contribution is -1.99. The maximum absolute atomic E-state index is 6.48. The molecule has 0 aliphatic carbocycles. The molecule has 0 saturated carbocycles. The Morgan fingerprint density at radius 1 is 1.32 bits per heavy atom. The molecule has 0 amide bonds. The average molecular weight is 393 g/mol. The number of rotatable bonds is 3. The number of hydrogen-bond acceptors (Lipinski definition) is 5. The standard InChI is InChI=1S/C17H14Cl2N4OS/c1-8-3-9-5-12(25-15(9)11(4-8)24-2)13-10(6-18)16(19)23-14(13)17(20)21-7-22-23/h3-5,7H,6H2,1-2H3,(H2,20,21,22). The van der Waals surface area contributed by atoms with Crippen LogP contribution in [0.15, 0.2) is 24.5 Å². The molecule has 2 N–H and O–H groups in total. The van der Waals surface area contributed by atoms with Crippen LogP contribution in [0.5, 0.6) is 5.75 Å². The van der Waals surface area contributed by atoms with E-state index in [-0.39, 0.29) is 5.88 Å². The topological polar surface area (TPSA) is 65.4 Å². The summed E-state index contributed by atoms with van der Waals surface area (Å²) < 4.78 is 8.19. The molecule has 0 aliphatic rings. The van der Waals surface area contributed by atoms with Crippen LogP contribution in [0.1, 0.15) is 11.1 Å². The van der Waals surface area contributed by atoms with Gasteiger partial charge in [-0.15, -0.1) is 22.9 Å². The summed E-state index contributed by atoms with van der Waals surface area (Å²) in [6.45, 7) is 2.04. The number of hydrogen-bond donors (Lipinski definition) is 1. The molecule has 0 radical (unpaired) electrons. The molecule has 0 spiro atoms. The maximum Gasteiger partial charge on any atom is 0.152 e. The largest absolute Gasteiger partial charge is 0.495 e. The van der Waals surface area contributed by atoms with Crippen LogP contribution >= 0.6 is 34.5 Å². The Morgan fingerprint density at radius 2 is 2.12 bits per heavy atom. The van der Waals surface area contributed by atoms with Crippen molar-refractivity contribution in [1.29, 1.82) is 0 Å². The Hall–Kier alpha value is -2.02. The monoisotopic (exact) mass is 392 g/mol. The molecule has 0 atom stereocenters. The SMILES string of the molecule is COc1cc(C)cc2cc(-c3c(CCl)c(Cl)n4ncnc(N)c34)sc12. The maximum atomic E-state index is 6.48. The molecule has 1 aromatic carbocycles. The molecule has 4 aromatic rings. The van der Waals surface area contributed by atoms with E-state index in [1.54, 1.807) is 23.0 Å². The van der Waals surface area contributed by atoms with Crippen LogP contribution < -0.4 is 10.5 Å². The van der Waals surface area contributed by atoms with Crippen molar-refractivity contribution in [3.05, 3.63) is 40.8 Å². The summed E-state index contributed by atoms with van der Waals surface area (Å²) in [6.07, 6.45) is 1.38. The number of halogens is 2. The molecule has 25 heavy (non-hydrogen) atoms. The van der Waals surface area contributed by atoms with E-state index in [1.807, 2.05) is 13.0 Å². The Morgan fingerprint density at radius 3 is 2.84 bits per heavy atom. The van der Waals surface area contributed by atoms with Gasteiger partial charge in [0.25, 0.3) is 0 Å². The molecular weight excluding hydrogens is 379 g/mol. The van der Waals surface area contributed by atoms with Gasteiger partial charge in [0.2, 0.25) is 0 Å². The number of aryl methyl sites for hydroxylation is 1. The highest BCUT2D eigenvalue weighted by molar-refractivity contribution is 7.22. The average Bonchev–Trinajstić information content (AvgIpc) is 3.13. The molecule has 8 heteroatoms. The van der Waals surface area contributed by atoms with E-state index in [0.717, 1.165) is 37.4 Å². The second-order valence-corrected chi connectivity index (χ2v) is 7.36. The number of thiophene rings is 1. The van der Waals surface area contributed by atoms with E-state index in [2.05, 4.69) is 22.2 Å². The van der Waals surface area contributed by atoms with Crippen LogP contribution in [-0.2, 0) is 5.88 Å². The van der Waals surface area contributed by atoms with E-state index < -0.39 is 0 Å². The van der Waals surface area contributed by atoms with Crippen LogP contribution in [-0.4, -0.2) is 21.7 Å². The first-order valence-electron chi connectivity index (χ1n) is 7.49. The predicted octanol–water partition coefficient (Wildman–Crippen LogP) is 4.90. The third-order valence-corrected chi connectivity index (χ3v) is 5.96. The fraction of sp³-hybridized carbons (Fsp3) is 0.176. The molecule has 0 bridgehead atoms. The van der Waals surface area contributed by atoms with Gasteiger partial charge in [0.05, 0.1) is 17.7 Å². The molecule has 0 fully saturated rings. The summed E-state index contributed by atoms with van der Waals surface area (Å²) in [6, 6.07) is 6.25. The third-order valence-electron chi connectivity index (χ3n) is 4.12. The summed E-state index contributed by atoms with van der Waals surface area (Å²) in [5.74, 6) is 1.46. The minimum absolute atomic E-state index is 0.251. The van der Waals surface area contributed by atoms with Crippen LogP contribution in [0, 0.1) is 6.92 Å². The number of benzene rings is 1. The van der Waals surface area contributed by atoms with Crippen molar-refractivity contribution < 1.29 is 4.74 Å². The molecular formula is C17H14Cl2N4OS. The highest BCUT2D eigenvalue weighted by Gasteiger charge is 2.23. The van der Waals surface area contributed by atoms with Crippen LogP contribution in [0.2, 0.25) is 5.15 Å². The first-order valence-corrected chi connectivity index (χ1v) is 9.22. The first kappa shape index (κ1) is 16.4. The Bertz CT molecular complexity index is 1120. The number of fused-ring (bicyclic) bond motifs is 2. The highest BCUT2D eigenvalue weighted by atomic mass is 35.5. The van der Waals surface area contributed by atoms with Crippen LogP contribution in [0.3, 0.4) is 0 Å². The number of ether oxygens (including phenoxy) is 1. The van der Waals surface area contributed by atoms with Crippen LogP contribution in [0.4, 0.5) is 5.82 Å². The van der Waals surface area contributed by atoms with E-state index in [9.17, 15) is 0 Å². The van der Waals surface area contributed by atoms with Gasteiger partial charge in [-0.2, -0.15) is 5.10 Å². The minimum atomic E-state index is 0.251. The molecule has 128 valence electrons. The molecule has 4 rings (SSSR count). The van der Waals surface area contributed by atoms with Crippen molar-refractivity contribution in [2.24, 2.45) is 0 Å². The second-order valence-electron chi connectivity index (χ2n) is 5.68. The number of anilines is 1. The van der Waals surface area contributed by atoms with Gasteiger partial charge in [-0.1, -0.05) is 17.7 Å². The zero-order valence-corrected chi connectivity index (χ0v) is 15.8. The number of aromatic nitrogens is 3. The highest BCUT2D eigenvalue weighted by Crippen LogP contribution is 2.45. The van der Waals surface area contributed by atoms with Crippen molar-refractivity contribution in [2.75, 3.05) is 12.8 Å². The fourth-order valence-electron chi connectivity index (χ4n) is 3.05. The van der Waals surface area contributed by atoms with E-state index in [1.165, 1.54) is 6.33 Å². The molecule has 0 unspecified atom stereocenters. The van der Waals surface area contributed by atoms with Crippen molar-refractivity contribution in [2.45, 2.75) is 12.8 Å². The smallest absolute Gasteiger partial charge is 0.152 e. The van der Waals surface area contributed by atoms with Crippen LogP contribution in [0.25, 0.3) is 26.0 Å². The lowest BCUT2D eigenvalue weighted by Gasteiger charge is -2.02. The Balaban J connectivity index is 2.10. The third kappa shape index (κ3) is 2.44. The van der Waals surface area contributed by atoms with Crippen molar-refractivity contribution in [3.8, 4) is 16.2 Å². The number of nitrogens with two attached hydrogens (primary N) is 1. The summed E-state index contributed by atoms with van der Waals surface area (Å²) in [7, 11) is 1.67. The Labute approximate surface area is 157 Å². The number of nitrogens with zero attached hydrogens (tertiary/aromatic N) is 3. The van der Waals surface area contributed by atoms with Crippen molar-refractivity contribution in [3.63, 3.8) is 0 Å². The molecule has 0 saturated heterocycles. The van der Waals surface area contributed by atoms with E-state index in [4.69, 9.17) is 33.7 Å². The normalized spacial score (nSPS) is 11.5. The first-order chi connectivity index (χ1) is 12.0. The summed E-state index contributed by atoms with van der Waals surface area (Å²) >= 11 is 14.3. The lowest BCUT2D eigenvalue weighted by atomic mass is 10.1. The van der Waals surface area contributed by atoms with Gasteiger partial charge in [0.15, 0.2) is 5.82 Å². The minimum Gasteiger partial charge on any atom is -0.495 e. The number of alkyl halides is 1. The van der Waals surface area contributed by atoms with E-state index >= 15 is 0 Å². The van der Waals surface area contributed by atoms with Gasteiger partial charge < -0.3 is 10.5 Å². The molecule has 5 nitrogen and oxygen atoms in total. The Kier molecular flexibility index (Phi) is 3.98. The van der Waals surface area contributed by atoms with E-state index in [0.29, 0.717) is 16.5 Å². The molecule has 0 aliphatic heterocycles. The molecule has 3 heterocycles. The van der Waals surface area contributed by atoms with Crippen molar-refractivity contribution >= 4 is 56.0 Å². The summed E-state index contributed by atoms with van der Waals surface area (Å²) in [5.41, 5.74) is 9.58.